The molecule has 4 aromatic rings. The fourth-order valence-corrected chi connectivity index (χ4v) is 4.82. The number of carbonyl (C=O) groups excluding carboxylic acids is 1. The van der Waals surface area contributed by atoms with Gasteiger partial charge in [0, 0.05) is 85.6 Å². The SMILES string of the molecule is [2H]c1nc(CC(=O)c2ccnc(N3CCN(C(C)C)CC3)c2C)cc2cc(-c3cnn(C)c3)ccc12. The van der Waals surface area contributed by atoms with Gasteiger partial charge in [0.05, 0.1) is 14.0 Å². The van der Waals surface area contributed by atoms with Crippen LogP contribution in [0.1, 0.15) is 36.8 Å². The average molecular weight is 470 g/mol. The quantitative estimate of drug-likeness (QED) is 0.393. The Hall–Kier alpha value is -3.58. The van der Waals surface area contributed by atoms with Crippen molar-refractivity contribution in [1.29, 1.82) is 0 Å². The van der Waals surface area contributed by atoms with Gasteiger partial charge in [-0.15, -0.1) is 0 Å². The van der Waals surface area contributed by atoms with Crippen molar-refractivity contribution >= 4 is 22.4 Å². The van der Waals surface area contributed by atoms with Crippen LogP contribution in [0, 0.1) is 6.92 Å². The normalized spacial score (nSPS) is 15.1. The van der Waals surface area contributed by atoms with E-state index in [9.17, 15) is 4.79 Å². The Balaban J connectivity index is 1.39. The number of aromatic nitrogens is 4. The Kier molecular flexibility index (Phi) is 6.00. The van der Waals surface area contributed by atoms with Crippen LogP contribution in [0.4, 0.5) is 5.82 Å². The van der Waals surface area contributed by atoms with Crippen LogP contribution in [-0.2, 0) is 13.5 Å². The first kappa shape index (κ1) is 21.9. The van der Waals surface area contributed by atoms with Gasteiger partial charge in [-0.1, -0.05) is 12.1 Å². The lowest BCUT2D eigenvalue weighted by Crippen LogP contribution is -2.49. The number of rotatable bonds is 6. The third kappa shape index (κ3) is 4.82. The largest absolute Gasteiger partial charge is 0.354 e. The van der Waals surface area contributed by atoms with Gasteiger partial charge in [0.15, 0.2) is 5.78 Å². The maximum absolute atomic E-state index is 13.4. The van der Waals surface area contributed by atoms with Crippen molar-refractivity contribution in [3.05, 3.63) is 71.9 Å². The van der Waals surface area contributed by atoms with Gasteiger partial charge in [0.25, 0.3) is 0 Å². The summed E-state index contributed by atoms with van der Waals surface area (Å²) in [4.78, 5) is 27.2. The molecule has 1 aliphatic heterocycles. The first-order valence-corrected chi connectivity index (χ1v) is 12.2. The van der Waals surface area contributed by atoms with Crippen LogP contribution < -0.4 is 4.90 Å². The summed E-state index contributed by atoms with van der Waals surface area (Å²) in [5.41, 5.74) is 4.21. The van der Waals surface area contributed by atoms with Gasteiger partial charge in [0.2, 0.25) is 0 Å². The summed E-state index contributed by atoms with van der Waals surface area (Å²) in [5, 5.41) is 5.92. The van der Waals surface area contributed by atoms with Crippen molar-refractivity contribution in [1.82, 2.24) is 24.6 Å². The minimum absolute atomic E-state index is 0.00775. The van der Waals surface area contributed by atoms with Crippen molar-refractivity contribution in [2.24, 2.45) is 7.05 Å². The van der Waals surface area contributed by atoms with Crippen molar-refractivity contribution in [2.75, 3.05) is 31.1 Å². The minimum atomic E-state index is -0.00775. The highest BCUT2D eigenvalue weighted by atomic mass is 16.1. The molecule has 0 bridgehead atoms. The number of nitrogens with zero attached hydrogens (tertiary/aromatic N) is 6. The second-order valence-electron chi connectivity index (χ2n) is 9.59. The molecule has 0 aliphatic carbocycles. The lowest BCUT2D eigenvalue weighted by molar-refractivity contribution is 0.0991. The molecular weight excluding hydrogens is 436 g/mol. The first-order chi connectivity index (χ1) is 17.3. The topological polar surface area (TPSA) is 67.2 Å². The molecule has 7 nitrogen and oxygen atoms in total. The molecule has 0 spiro atoms. The third-order valence-corrected chi connectivity index (χ3v) is 6.90. The predicted molar refractivity (Wildman–Crippen MR) is 140 cm³/mol. The molecule has 35 heavy (non-hydrogen) atoms. The molecule has 1 aromatic carbocycles. The molecule has 1 saturated heterocycles. The van der Waals surface area contributed by atoms with E-state index < -0.39 is 0 Å². The van der Waals surface area contributed by atoms with Gasteiger partial charge in [-0.2, -0.15) is 5.10 Å². The van der Waals surface area contributed by atoms with Crippen molar-refractivity contribution in [3.63, 3.8) is 0 Å². The number of fused-ring (bicyclic) bond motifs is 1. The molecule has 1 fully saturated rings. The molecule has 7 heteroatoms. The van der Waals surface area contributed by atoms with E-state index in [1.807, 2.05) is 50.6 Å². The van der Waals surface area contributed by atoms with E-state index >= 15 is 0 Å². The number of Topliss-reactive ketones (excluding diaryl/α,β-unsaturated/α-hetero) is 1. The van der Waals surface area contributed by atoms with E-state index in [0.717, 1.165) is 59.5 Å². The van der Waals surface area contributed by atoms with Crippen LogP contribution in [0.25, 0.3) is 21.9 Å². The molecule has 0 radical (unpaired) electrons. The second-order valence-corrected chi connectivity index (χ2v) is 9.59. The Bertz CT molecular complexity index is 1420. The predicted octanol–water partition coefficient (Wildman–Crippen LogP) is 4.29. The zero-order valence-electron chi connectivity index (χ0n) is 21.8. The number of piperazine rings is 1. The molecule has 5 rings (SSSR count). The summed E-state index contributed by atoms with van der Waals surface area (Å²) in [7, 11) is 1.89. The smallest absolute Gasteiger partial charge is 0.169 e. The molecule has 0 unspecified atom stereocenters. The lowest BCUT2D eigenvalue weighted by Gasteiger charge is -2.38. The van der Waals surface area contributed by atoms with Gasteiger partial charge < -0.3 is 4.90 Å². The monoisotopic (exact) mass is 469 g/mol. The Labute approximate surface area is 207 Å². The Morgan fingerprint density at radius 1 is 1.06 bits per heavy atom. The molecule has 0 atom stereocenters. The van der Waals surface area contributed by atoms with Gasteiger partial charge in [-0.25, -0.2) is 4.98 Å². The fourth-order valence-electron chi connectivity index (χ4n) is 4.82. The van der Waals surface area contributed by atoms with Crippen LogP contribution in [-0.4, -0.2) is 62.7 Å². The average Bonchev–Trinajstić information content (AvgIpc) is 3.30. The van der Waals surface area contributed by atoms with Gasteiger partial charge in [-0.05, 0) is 49.9 Å². The van der Waals surface area contributed by atoms with Crippen molar-refractivity contribution in [2.45, 2.75) is 33.2 Å². The van der Waals surface area contributed by atoms with Crippen LogP contribution in [0.5, 0.6) is 0 Å². The Morgan fingerprint density at radius 3 is 2.57 bits per heavy atom. The van der Waals surface area contributed by atoms with E-state index in [1.165, 1.54) is 0 Å². The summed E-state index contributed by atoms with van der Waals surface area (Å²) in [5.74, 6) is 0.879. The number of ketones is 1. The van der Waals surface area contributed by atoms with Gasteiger partial charge >= 0.3 is 0 Å². The third-order valence-electron chi connectivity index (χ3n) is 6.90. The molecule has 0 saturated carbocycles. The van der Waals surface area contributed by atoms with E-state index in [2.05, 4.69) is 38.7 Å². The van der Waals surface area contributed by atoms with Crippen LogP contribution in [0.15, 0.2) is 55.1 Å². The minimum Gasteiger partial charge on any atom is -0.354 e. The van der Waals surface area contributed by atoms with Crippen molar-refractivity contribution in [3.8, 4) is 11.1 Å². The highest BCUT2D eigenvalue weighted by molar-refractivity contribution is 6.00. The molecule has 4 heterocycles. The zero-order chi connectivity index (χ0) is 25.4. The van der Waals surface area contributed by atoms with Crippen LogP contribution in [0.2, 0.25) is 0 Å². The number of aryl methyl sites for hydroxylation is 1. The number of anilines is 1. The second kappa shape index (κ2) is 9.58. The van der Waals surface area contributed by atoms with E-state index in [0.29, 0.717) is 17.3 Å². The van der Waals surface area contributed by atoms with E-state index in [-0.39, 0.29) is 18.4 Å². The summed E-state index contributed by atoms with van der Waals surface area (Å²) in [6, 6.07) is 10.2. The summed E-state index contributed by atoms with van der Waals surface area (Å²) < 4.78 is 10.2. The molecule has 0 N–H and O–H groups in total. The molecule has 0 amide bonds. The number of hydrogen-bond donors (Lipinski definition) is 0. The molecule has 180 valence electrons. The number of pyridine rings is 2. The highest BCUT2D eigenvalue weighted by Crippen LogP contribution is 2.26. The van der Waals surface area contributed by atoms with E-state index in [4.69, 9.17) is 1.37 Å². The standard InChI is InChI=1S/C28H32N6O/c1-19(2)33-9-11-34(12-10-33)28-20(3)26(7-8-29-28)27(35)15-25-14-23-13-21(5-6-22(23)16-30-25)24-17-31-32(4)18-24/h5-8,13-14,16-19H,9-12,15H2,1-4H3/i16D. The highest BCUT2D eigenvalue weighted by Gasteiger charge is 2.23. The van der Waals surface area contributed by atoms with Crippen LogP contribution >= 0.6 is 0 Å². The maximum atomic E-state index is 13.4. The van der Waals surface area contributed by atoms with E-state index in [1.54, 1.807) is 16.9 Å². The molecule has 3 aromatic heterocycles. The summed E-state index contributed by atoms with van der Waals surface area (Å²) in [6.45, 7) is 10.2. The summed E-state index contributed by atoms with van der Waals surface area (Å²) in [6.07, 6.45) is 5.84. The first-order valence-electron chi connectivity index (χ1n) is 12.7. The molecule has 1 aliphatic rings. The van der Waals surface area contributed by atoms with Gasteiger partial charge in [-0.3, -0.25) is 19.4 Å². The number of carbonyl (C=O) groups is 1. The zero-order valence-corrected chi connectivity index (χ0v) is 20.8. The van der Waals surface area contributed by atoms with Crippen molar-refractivity contribution < 1.29 is 6.17 Å². The molecular formula is C28H32N6O. The number of hydrogen-bond acceptors (Lipinski definition) is 6. The Morgan fingerprint density at radius 2 is 1.86 bits per heavy atom. The number of benzene rings is 1. The lowest BCUT2D eigenvalue weighted by atomic mass is 10.00. The van der Waals surface area contributed by atoms with Gasteiger partial charge in [0.1, 0.15) is 5.82 Å². The fraction of sp³-hybridized carbons (Fsp3) is 0.357. The maximum Gasteiger partial charge on any atom is 0.169 e. The van der Waals surface area contributed by atoms with Crippen LogP contribution in [0.3, 0.4) is 0 Å². The summed E-state index contributed by atoms with van der Waals surface area (Å²) >= 11 is 0.